The topological polar surface area (TPSA) is 42.2 Å². The molecule has 0 aliphatic carbocycles. The molecular formula is C23H25N2O2+. The van der Waals surface area contributed by atoms with Gasteiger partial charge >= 0.3 is 0 Å². The molecule has 0 spiro atoms. The Kier molecular flexibility index (Phi) is 6.58. The van der Waals surface area contributed by atoms with Gasteiger partial charge in [-0.05, 0) is 41.8 Å². The number of aromatic nitrogens is 1. The number of carbonyl (C=O) groups is 1. The maximum absolute atomic E-state index is 12.2. The molecule has 0 saturated carbocycles. The number of anilines is 1. The van der Waals surface area contributed by atoms with Crippen LogP contribution >= 0.6 is 0 Å². The Morgan fingerprint density at radius 2 is 1.63 bits per heavy atom. The number of benzene rings is 2. The van der Waals surface area contributed by atoms with E-state index in [2.05, 4.69) is 24.4 Å². The predicted octanol–water partition coefficient (Wildman–Crippen LogP) is 4.14. The molecule has 0 aliphatic rings. The molecule has 0 saturated heterocycles. The normalized spacial score (nSPS) is 10.4. The number of rotatable bonds is 8. The largest absolute Gasteiger partial charge is 0.489 e. The smallest absolute Gasteiger partial charge is 0.290 e. The summed E-state index contributed by atoms with van der Waals surface area (Å²) in [6.45, 7) is 2.97. The van der Waals surface area contributed by atoms with E-state index in [4.69, 9.17) is 4.74 Å². The van der Waals surface area contributed by atoms with Crippen LogP contribution in [0.3, 0.4) is 0 Å². The zero-order valence-corrected chi connectivity index (χ0v) is 15.6. The Morgan fingerprint density at radius 3 is 2.30 bits per heavy atom. The van der Waals surface area contributed by atoms with Gasteiger partial charge in [-0.3, -0.25) is 4.79 Å². The van der Waals surface area contributed by atoms with E-state index in [1.807, 2.05) is 71.6 Å². The van der Waals surface area contributed by atoms with Crippen molar-refractivity contribution in [1.29, 1.82) is 0 Å². The summed E-state index contributed by atoms with van der Waals surface area (Å²) in [5.74, 6) is 0.721. The number of carbonyl (C=O) groups excluding carboxylic acids is 1. The number of aryl methyl sites for hydroxylation is 1. The van der Waals surface area contributed by atoms with Gasteiger partial charge in [0, 0.05) is 17.8 Å². The average Bonchev–Trinajstić information content (AvgIpc) is 2.70. The third kappa shape index (κ3) is 5.96. The molecule has 0 atom stereocenters. The van der Waals surface area contributed by atoms with Gasteiger partial charge in [0.15, 0.2) is 12.4 Å². The van der Waals surface area contributed by atoms with Gasteiger partial charge < -0.3 is 10.1 Å². The van der Waals surface area contributed by atoms with Crippen LogP contribution in [0.15, 0.2) is 79.1 Å². The number of nitrogens with one attached hydrogen (secondary N) is 1. The van der Waals surface area contributed by atoms with Crippen molar-refractivity contribution in [3.63, 3.8) is 0 Å². The summed E-state index contributed by atoms with van der Waals surface area (Å²) in [6.07, 6.45) is 6.08. The number of amides is 1. The lowest BCUT2D eigenvalue weighted by molar-refractivity contribution is -0.684. The Labute approximate surface area is 160 Å². The van der Waals surface area contributed by atoms with Gasteiger partial charge in [0.25, 0.3) is 5.91 Å². The first-order valence-corrected chi connectivity index (χ1v) is 9.27. The van der Waals surface area contributed by atoms with E-state index in [1.165, 1.54) is 5.56 Å². The molecule has 27 heavy (non-hydrogen) atoms. The second-order valence-corrected chi connectivity index (χ2v) is 6.48. The van der Waals surface area contributed by atoms with Crippen LogP contribution in [-0.2, 0) is 24.4 Å². The molecule has 1 heterocycles. The lowest BCUT2D eigenvalue weighted by atomic mass is 10.2. The molecule has 138 valence electrons. The van der Waals surface area contributed by atoms with Crippen molar-refractivity contribution in [2.45, 2.75) is 32.9 Å². The van der Waals surface area contributed by atoms with Crippen molar-refractivity contribution in [2.75, 3.05) is 5.32 Å². The van der Waals surface area contributed by atoms with Crippen molar-refractivity contribution in [1.82, 2.24) is 0 Å². The molecule has 4 nitrogen and oxygen atoms in total. The first-order chi connectivity index (χ1) is 13.2. The summed E-state index contributed by atoms with van der Waals surface area (Å²) in [5.41, 5.74) is 3.17. The monoisotopic (exact) mass is 361 g/mol. The van der Waals surface area contributed by atoms with E-state index in [0.717, 1.165) is 29.8 Å². The predicted molar refractivity (Wildman–Crippen MR) is 106 cm³/mol. The lowest BCUT2D eigenvalue weighted by Gasteiger charge is -2.08. The van der Waals surface area contributed by atoms with E-state index in [9.17, 15) is 4.79 Å². The highest BCUT2D eigenvalue weighted by Gasteiger charge is 2.09. The highest BCUT2D eigenvalue weighted by molar-refractivity contribution is 5.89. The zero-order chi connectivity index (χ0) is 18.9. The third-order valence-corrected chi connectivity index (χ3v) is 4.21. The Balaban J connectivity index is 1.49. The highest BCUT2D eigenvalue weighted by Crippen LogP contribution is 2.17. The van der Waals surface area contributed by atoms with Gasteiger partial charge in [-0.15, -0.1) is 0 Å². The quantitative estimate of drug-likeness (QED) is 0.613. The minimum Gasteiger partial charge on any atom is -0.489 e. The van der Waals surface area contributed by atoms with Gasteiger partial charge in [0.2, 0.25) is 6.54 Å². The van der Waals surface area contributed by atoms with E-state index >= 15 is 0 Å². The van der Waals surface area contributed by atoms with Crippen molar-refractivity contribution in [3.8, 4) is 5.75 Å². The van der Waals surface area contributed by atoms with E-state index in [1.54, 1.807) is 0 Å². The minimum atomic E-state index is -0.0544. The zero-order valence-electron chi connectivity index (χ0n) is 15.6. The Morgan fingerprint density at radius 1 is 0.926 bits per heavy atom. The van der Waals surface area contributed by atoms with Crippen LogP contribution in [0.2, 0.25) is 0 Å². The Hall–Kier alpha value is -3.14. The van der Waals surface area contributed by atoms with Crippen LogP contribution in [0, 0.1) is 0 Å². The lowest BCUT2D eigenvalue weighted by Crippen LogP contribution is -2.39. The second kappa shape index (κ2) is 9.53. The van der Waals surface area contributed by atoms with Crippen LogP contribution in [0.5, 0.6) is 5.75 Å². The van der Waals surface area contributed by atoms with Gasteiger partial charge in [-0.1, -0.05) is 43.7 Å². The maximum atomic E-state index is 12.2. The van der Waals surface area contributed by atoms with Crippen molar-refractivity contribution >= 4 is 11.6 Å². The summed E-state index contributed by atoms with van der Waals surface area (Å²) in [6, 6.07) is 21.6. The van der Waals surface area contributed by atoms with Crippen LogP contribution in [-0.4, -0.2) is 5.91 Å². The van der Waals surface area contributed by atoms with Gasteiger partial charge in [0.05, 0.1) is 0 Å². The molecule has 2 aromatic carbocycles. The summed E-state index contributed by atoms with van der Waals surface area (Å²) < 4.78 is 7.64. The van der Waals surface area contributed by atoms with Gasteiger partial charge in [0.1, 0.15) is 12.4 Å². The maximum Gasteiger partial charge on any atom is 0.290 e. The van der Waals surface area contributed by atoms with Crippen LogP contribution in [0.25, 0.3) is 0 Å². The standard InChI is InChI=1S/C23H24N2O2/c1-2-6-19-13-15-25(16-14-19)17-23(26)24-21-9-11-22(12-10-21)27-18-20-7-4-3-5-8-20/h3-5,7-16H,2,6,17-18H2,1H3/p+1. The number of nitrogens with zero attached hydrogens (tertiary/aromatic N) is 1. The molecule has 0 fully saturated rings. The van der Waals surface area contributed by atoms with Crippen LogP contribution in [0.4, 0.5) is 5.69 Å². The fourth-order valence-electron chi connectivity index (χ4n) is 2.79. The van der Waals surface area contributed by atoms with E-state index in [-0.39, 0.29) is 5.91 Å². The number of ether oxygens (including phenoxy) is 1. The van der Waals surface area contributed by atoms with Crippen molar-refractivity contribution < 1.29 is 14.1 Å². The average molecular weight is 361 g/mol. The SMILES string of the molecule is CCCc1cc[n+](CC(=O)Nc2ccc(OCc3ccccc3)cc2)cc1. The summed E-state index contributed by atoms with van der Waals surface area (Å²) >= 11 is 0. The molecule has 0 radical (unpaired) electrons. The Bertz CT molecular complexity index is 844. The van der Waals surface area contributed by atoms with E-state index < -0.39 is 0 Å². The summed E-state index contributed by atoms with van der Waals surface area (Å²) in [4.78, 5) is 12.2. The highest BCUT2D eigenvalue weighted by atomic mass is 16.5. The molecule has 0 aliphatic heterocycles. The van der Waals surface area contributed by atoms with Crippen LogP contribution < -0.4 is 14.6 Å². The molecule has 3 rings (SSSR count). The second-order valence-electron chi connectivity index (χ2n) is 6.48. The van der Waals surface area contributed by atoms with Crippen LogP contribution in [0.1, 0.15) is 24.5 Å². The molecule has 1 aromatic heterocycles. The molecule has 0 unspecified atom stereocenters. The number of pyridine rings is 1. The fraction of sp³-hybridized carbons (Fsp3) is 0.217. The van der Waals surface area contributed by atoms with Gasteiger partial charge in [-0.2, -0.15) is 4.57 Å². The van der Waals surface area contributed by atoms with Gasteiger partial charge in [-0.25, -0.2) is 0 Å². The van der Waals surface area contributed by atoms with E-state index in [0.29, 0.717) is 13.2 Å². The summed E-state index contributed by atoms with van der Waals surface area (Å²) in [7, 11) is 0. The molecule has 0 bridgehead atoms. The first-order valence-electron chi connectivity index (χ1n) is 9.27. The molecular weight excluding hydrogens is 336 g/mol. The first kappa shape index (κ1) is 18.6. The molecule has 3 aromatic rings. The summed E-state index contributed by atoms with van der Waals surface area (Å²) in [5, 5.41) is 2.92. The number of hydrogen-bond acceptors (Lipinski definition) is 2. The number of hydrogen-bond donors (Lipinski definition) is 1. The minimum absolute atomic E-state index is 0.0544. The molecule has 1 amide bonds. The fourth-order valence-corrected chi connectivity index (χ4v) is 2.79. The van der Waals surface area contributed by atoms with Crippen molar-refractivity contribution in [3.05, 3.63) is 90.3 Å². The third-order valence-electron chi connectivity index (χ3n) is 4.21. The molecule has 4 heteroatoms. The molecule has 1 N–H and O–H groups in total. The van der Waals surface area contributed by atoms with Crippen molar-refractivity contribution in [2.24, 2.45) is 0 Å².